The fourth-order valence-electron chi connectivity index (χ4n) is 1.74. The van der Waals surface area contributed by atoms with Gasteiger partial charge in [0.25, 0.3) is 0 Å². The van der Waals surface area contributed by atoms with Gasteiger partial charge in [-0.1, -0.05) is 6.92 Å². The summed E-state index contributed by atoms with van der Waals surface area (Å²) in [6, 6.07) is 1.98. The van der Waals surface area contributed by atoms with Crippen LogP contribution in [0.15, 0.2) is 18.5 Å². The number of nitrogens with two attached hydrogens (primary N) is 1. The molecule has 0 aliphatic heterocycles. The maximum Gasteiger partial charge on any atom is 0.219 e. The lowest BCUT2D eigenvalue weighted by atomic mass is 10.00. The lowest BCUT2D eigenvalue weighted by molar-refractivity contribution is -0.118. The number of nitrogens with zero attached hydrogens (tertiary/aromatic N) is 1. The molecule has 0 saturated carbocycles. The highest BCUT2D eigenvalue weighted by atomic mass is 16.1. The molecule has 0 aromatic carbocycles. The van der Waals surface area contributed by atoms with Crippen molar-refractivity contribution in [2.24, 2.45) is 5.73 Å². The van der Waals surface area contributed by atoms with Crippen molar-refractivity contribution < 1.29 is 4.79 Å². The Morgan fingerprint density at radius 3 is 2.67 bits per heavy atom. The van der Waals surface area contributed by atoms with Gasteiger partial charge in [-0.15, -0.1) is 0 Å². The van der Waals surface area contributed by atoms with Crippen molar-refractivity contribution in [1.29, 1.82) is 0 Å². The zero-order valence-electron chi connectivity index (χ0n) is 11.3. The van der Waals surface area contributed by atoms with Gasteiger partial charge in [-0.05, 0) is 26.3 Å². The van der Waals surface area contributed by atoms with Gasteiger partial charge in [0.05, 0.1) is 23.8 Å². The van der Waals surface area contributed by atoms with Crippen LogP contribution in [0.4, 0.5) is 11.4 Å². The van der Waals surface area contributed by atoms with Crippen LogP contribution in [0, 0.1) is 0 Å². The first-order valence-electron chi connectivity index (χ1n) is 6.18. The van der Waals surface area contributed by atoms with Crippen LogP contribution in [-0.4, -0.2) is 23.0 Å². The van der Waals surface area contributed by atoms with Crippen molar-refractivity contribution in [3.63, 3.8) is 0 Å². The number of pyridine rings is 1. The highest BCUT2D eigenvalue weighted by Crippen LogP contribution is 2.19. The summed E-state index contributed by atoms with van der Waals surface area (Å²) in [7, 11) is 0. The van der Waals surface area contributed by atoms with Crippen LogP contribution in [-0.2, 0) is 4.79 Å². The van der Waals surface area contributed by atoms with Crippen LogP contribution < -0.4 is 16.4 Å². The summed E-state index contributed by atoms with van der Waals surface area (Å²) in [6.07, 6.45) is 4.85. The molecule has 18 heavy (non-hydrogen) atoms. The summed E-state index contributed by atoms with van der Waals surface area (Å²) in [5, 5.41) is 6.53. The third-order valence-electron chi connectivity index (χ3n) is 2.42. The van der Waals surface area contributed by atoms with Crippen LogP contribution in [0.5, 0.6) is 0 Å². The van der Waals surface area contributed by atoms with Gasteiger partial charge in [-0.2, -0.15) is 0 Å². The molecule has 0 bridgehead atoms. The highest BCUT2D eigenvalue weighted by molar-refractivity contribution is 5.75. The SMILES string of the molecule is CCCNc1cncc(NC(C)(C)CC(N)=O)c1. The van der Waals surface area contributed by atoms with Crippen LogP contribution in [0.1, 0.15) is 33.6 Å². The number of hydrogen-bond acceptors (Lipinski definition) is 4. The highest BCUT2D eigenvalue weighted by Gasteiger charge is 2.20. The number of carbonyl (C=O) groups is 1. The van der Waals surface area contributed by atoms with Crippen molar-refractivity contribution in [2.75, 3.05) is 17.2 Å². The van der Waals surface area contributed by atoms with Crippen LogP contribution >= 0.6 is 0 Å². The second-order valence-electron chi connectivity index (χ2n) is 5.04. The number of hydrogen-bond donors (Lipinski definition) is 3. The molecule has 5 heteroatoms. The second kappa shape index (κ2) is 6.23. The molecule has 1 heterocycles. The van der Waals surface area contributed by atoms with Gasteiger partial charge < -0.3 is 16.4 Å². The zero-order chi connectivity index (χ0) is 13.6. The first-order chi connectivity index (χ1) is 8.43. The van der Waals surface area contributed by atoms with Gasteiger partial charge in [-0.25, -0.2) is 0 Å². The van der Waals surface area contributed by atoms with Crippen molar-refractivity contribution in [3.05, 3.63) is 18.5 Å². The van der Waals surface area contributed by atoms with Crippen molar-refractivity contribution >= 4 is 17.3 Å². The quantitative estimate of drug-likeness (QED) is 0.691. The van der Waals surface area contributed by atoms with Crippen LogP contribution in [0.3, 0.4) is 0 Å². The van der Waals surface area contributed by atoms with E-state index in [1.807, 2.05) is 19.9 Å². The summed E-state index contributed by atoms with van der Waals surface area (Å²) >= 11 is 0. The van der Waals surface area contributed by atoms with Gasteiger partial charge in [0.15, 0.2) is 0 Å². The minimum Gasteiger partial charge on any atom is -0.384 e. The van der Waals surface area contributed by atoms with Gasteiger partial charge in [0.1, 0.15) is 0 Å². The molecule has 0 aliphatic carbocycles. The fraction of sp³-hybridized carbons (Fsp3) is 0.538. The smallest absolute Gasteiger partial charge is 0.219 e. The van der Waals surface area contributed by atoms with E-state index in [9.17, 15) is 4.79 Å². The summed E-state index contributed by atoms with van der Waals surface area (Å²) in [4.78, 5) is 15.1. The van der Waals surface area contributed by atoms with Crippen LogP contribution in [0.2, 0.25) is 0 Å². The molecule has 0 atom stereocenters. The number of amides is 1. The maximum atomic E-state index is 11.0. The molecule has 100 valence electrons. The van der Waals surface area contributed by atoms with E-state index in [1.54, 1.807) is 12.4 Å². The van der Waals surface area contributed by atoms with Gasteiger partial charge in [0, 0.05) is 18.5 Å². The van der Waals surface area contributed by atoms with E-state index in [0.29, 0.717) is 0 Å². The molecule has 0 spiro atoms. The van der Waals surface area contributed by atoms with E-state index >= 15 is 0 Å². The Labute approximate surface area is 108 Å². The molecular weight excluding hydrogens is 228 g/mol. The molecule has 0 unspecified atom stereocenters. The molecule has 1 aromatic heterocycles. The predicted molar refractivity (Wildman–Crippen MR) is 74.5 cm³/mol. The Morgan fingerprint density at radius 1 is 1.39 bits per heavy atom. The monoisotopic (exact) mass is 250 g/mol. The summed E-state index contributed by atoms with van der Waals surface area (Å²) in [6.45, 7) is 6.89. The van der Waals surface area contributed by atoms with E-state index in [-0.39, 0.29) is 17.9 Å². The first kappa shape index (κ1) is 14.3. The fourth-order valence-corrected chi connectivity index (χ4v) is 1.74. The zero-order valence-corrected chi connectivity index (χ0v) is 11.3. The minimum atomic E-state index is -0.378. The van der Waals surface area contributed by atoms with E-state index in [0.717, 1.165) is 24.3 Å². The van der Waals surface area contributed by atoms with Crippen LogP contribution in [0.25, 0.3) is 0 Å². The van der Waals surface area contributed by atoms with E-state index < -0.39 is 0 Å². The lowest BCUT2D eigenvalue weighted by Crippen LogP contribution is -2.36. The molecule has 5 nitrogen and oxygen atoms in total. The number of anilines is 2. The topological polar surface area (TPSA) is 80.0 Å². The Balaban J connectivity index is 2.69. The van der Waals surface area contributed by atoms with E-state index in [2.05, 4.69) is 22.5 Å². The standard InChI is InChI=1S/C13H22N4O/c1-4-5-16-10-6-11(9-15-8-10)17-13(2,3)7-12(14)18/h6,8-9,16-17H,4-5,7H2,1-3H3,(H2,14,18). The molecule has 1 aromatic rings. The van der Waals surface area contributed by atoms with Crippen molar-refractivity contribution in [2.45, 2.75) is 39.2 Å². The van der Waals surface area contributed by atoms with E-state index in [4.69, 9.17) is 5.73 Å². The van der Waals surface area contributed by atoms with Crippen molar-refractivity contribution in [1.82, 2.24) is 4.98 Å². The number of carbonyl (C=O) groups excluding carboxylic acids is 1. The normalized spacial score (nSPS) is 11.1. The number of rotatable bonds is 7. The molecule has 0 radical (unpaired) electrons. The molecule has 1 rings (SSSR count). The predicted octanol–water partition coefficient (Wildman–Crippen LogP) is 1.97. The largest absolute Gasteiger partial charge is 0.384 e. The Hall–Kier alpha value is -1.78. The number of primary amides is 1. The number of nitrogens with one attached hydrogen (secondary N) is 2. The Bertz CT molecular complexity index is 404. The number of aromatic nitrogens is 1. The Morgan fingerprint density at radius 2 is 2.06 bits per heavy atom. The molecule has 1 amide bonds. The molecule has 4 N–H and O–H groups in total. The Kier molecular flexibility index (Phi) is 4.95. The van der Waals surface area contributed by atoms with Crippen molar-refractivity contribution in [3.8, 4) is 0 Å². The average Bonchev–Trinajstić information content (AvgIpc) is 2.24. The van der Waals surface area contributed by atoms with Gasteiger partial charge >= 0.3 is 0 Å². The lowest BCUT2D eigenvalue weighted by Gasteiger charge is -2.26. The van der Waals surface area contributed by atoms with Gasteiger partial charge in [-0.3, -0.25) is 9.78 Å². The summed E-state index contributed by atoms with van der Waals surface area (Å²) in [5.74, 6) is -0.319. The molecule has 0 saturated heterocycles. The molecule has 0 fully saturated rings. The average molecular weight is 250 g/mol. The summed E-state index contributed by atoms with van der Waals surface area (Å²) in [5.41, 5.74) is 6.69. The third-order valence-corrected chi connectivity index (χ3v) is 2.42. The van der Waals surface area contributed by atoms with E-state index in [1.165, 1.54) is 0 Å². The third kappa shape index (κ3) is 5.03. The second-order valence-corrected chi connectivity index (χ2v) is 5.04. The van der Waals surface area contributed by atoms with Gasteiger partial charge in [0.2, 0.25) is 5.91 Å². The maximum absolute atomic E-state index is 11.0. The minimum absolute atomic E-state index is 0.277. The molecule has 0 aliphatic rings. The summed E-state index contributed by atoms with van der Waals surface area (Å²) < 4.78 is 0. The first-order valence-corrected chi connectivity index (χ1v) is 6.18. The molecular formula is C13H22N4O.